The maximum Gasteiger partial charge on any atom is 0.269 e. The second-order valence-corrected chi connectivity index (χ2v) is 9.51. The minimum atomic E-state index is -0.671. The molecule has 0 atom stereocenters. The van der Waals surface area contributed by atoms with Crippen LogP contribution >= 0.6 is 0 Å². The molecule has 1 amide bonds. The highest BCUT2D eigenvalue weighted by Gasteiger charge is 2.23. The molecule has 5 aromatic rings. The first-order valence-electron chi connectivity index (χ1n) is 12.4. The molecule has 0 unspecified atom stereocenters. The third-order valence-corrected chi connectivity index (χ3v) is 6.89. The number of amides is 1. The number of halogens is 1. The summed E-state index contributed by atoms with van der Waals surface area (Å²) in [6.45, 7) is 0. The minimum absolute atomic E-state index is 0.0852. The first-order valence-corrected chi connectivity index (χ1v) is 12.4. The Hall–Kier alpha value is -4.91. The van der Waals surface area contributed by atoms with Crippen LogP contribution in [0, 0.1) is 17.1 Å². The van der Waals surface area contributed by atoms with Crippen LogP contribution in [-0.2, 0) is 6.42 Å². The van der Waals surface area contributed by atoms with Crippen molar-refractivity contribution >= 4 is 17.1 Å². The SMILES string of the molecule is N#Cc1ccc(-n2cc(-c3cc(F)cc(Cc4nc(C(N)=O)c5[nH]c(C6CCCC6)nc5n4)c3)cn2)cc1. The van der Waals surface area contributed by atoms with Gasteiger partial charge in [-0.15, -0.1) is 0 Å². The molecule has 9 nitrogen and oxygen atoms in total. The van der Waals surface area contributed by atoms with E-state index in [1.165, 1.54) is 12.1 Å². The van der Waals surface area contributed by atoms with Crippen LogP contribution in [0.5, 0.6) is 0 Å². The molecule has 1 aliphatic rings. The Morgan fingerprint density at radius 2 is 1.89 bits per heavy atom. The second-order valence-electron chi connectivity index (χ2n) is 9.51. The van der Waals surface area contributed by atoms with E-state index in [9.17, 15) is 9.18 Å². The predicted octanol–water partition coefficient (Wildman–Crippen LogP) is 4.56. The predicted molar refractivity (Wildman–Crippen MR) is 138 cm³/mol. The molecule has 0 saturated heterocycles. The molecule has 3 N–H and O–H groups in total. The molecular formula is C28H23FN8O. The van der Waals surface area contributed by atoms with Gasteiger partial charge in [0.15, 0.2) is 11.3 Å². The van der Waals surface area contributed by atoms with Gasteiger partial charge in [0.25, 0.3) is 5.91 Å². The normalized spacial score (nSPS) is 13.7. The molecule has 188 valence electrons. The Kier molecular flexibility index (Phi) is 5.88. The van der Waals surface area contributed by atoms with Crippen molar-refractivity contribution in [3.63, 3.8) is 0 Å². The van der Waals surface area contributed by atoms with Gasteiger partial charge in [-0.25, -0.2) is 24.0 Å². The summed E-state index contributed by atoms with van der Waals surface area (Å²) in [7, 11) is 0. The van der Waals surface area contributed by atoms with E-state index in [0.717, 1.165) is 42.8 Å². The van der Waals surface area contributed by atoms with Crippen LogP contribution in [0.3, 0.4) is 0 Å². The number of aromatic amines is 1. The topological polar surface area (TPSA) is 139 Å². The number of primary amides is 1. The standard InChI is InChI=1S/C28H23FN8O/c29-21-10-17(9-19(12-21)20-14-32-37(15-20)22-7-5-16(13-30)6-8-22)11-23-33-24(26(31)38)25-28(34-23)36-27(35-25)18-3-1-2-4-18/h5-10,12,14-15,18H,1-4,11H2,(H2,31,38)(H,33,34,35,36). The van der Waals surface area contributed by atoms with Gasteiger partial charge in [0.05, 0.1) is 23.5 Å². The van der Waals surface area contributed by atoms with Crippen LogP contribution < -0.4 is 5.73 Å². The van der Waals surface area contributed by atoms with Crippen molar-refractivity contribution in [2.45, 2.75) is 38.0 Å². The summed E-state index contributed by atoms with van der Waals surface area (Å²) >= 11 is 0. The number of imidazole rings is 1. The monoisotopic (exact) mass is 506 g/mol. The van der Waals surface area contributed by atoms with Crippen molar-refractivity contribution in [2.24, 2.45) is 5.73 Å². The van der Waals surface area contributed by atoms with E-state index in [4.69, 9.17) is 11.0 Å². The molecule has 1 aliphatic carbocycles. The Labute approximate surface area is 217 Å². The molecule has 38 heavy (non-hydrogen) atoms. The number of carbonyl (C=O) groups excluding carboxylic acids is 1. The number of nitrogens with two attached hydrogens (primary N) is 1. The van der Waals surface area contributed by atoms with E-state index in [-0.39, 0.29) is 12.1 Å². The number of carbonyl (C=O) groups is 1. The van der Waals surface area contributed by atoms with E-state index in [1.807, 2.05) is 6.07 Å². The van der Waals surface area contributed by atoms with Crippen molar-refractivity contribution in [1.29, 1.82) is 5.26 Å². The highest BCUT2D eigenvalue weighted by molar-refractivity contribution is 6.01. The second kappa shape index (κ2) is 9.52. The first kappa shape index (κ1) is 23.5. The molecule has 2 aromatic carbocycles. The molecular weight excluding hydrogens is 483 g/mol. The lowest BCUT2D eigenvalue weighted by atomic mass is 10.0. The van der Waals surface area contributed by atoms with Crippen LogP contribution in [0.25, 0.3) is 28.0 Å². The Morgan fingerprint density at radius 1 is 1.11 bits per heavy atom. The molecule has 3 heterocycles. The summed E-state index contributed by atoms with van der Waals surface area (Å²) in [5, 5.41) is 13.4. The van der Waals surface area contributed by atoms with Gasteiger partial charge in [0.1, 0.15) is 23.0 Å². The van der Waals surface area contributed by atoms with Gasteiger partial charge < -0.3 is 10.7 Å². The summed E-state index contributed by atoms with van der Waals surface area (Å²) < 4.78 is 16.3. The summed E-state index contributed by atoms with van der Waals surface area (Å²) in [4.78, 5) is 29.0. The van der Waals surface area contributed by atoms with Gasteiger partial charge in [-0.05, 0) is 60.4 Å². The number of nitriles is 1. The molecule has 0 aliphatic heterocycles. The number of fused-ring (bicyclic) bond motifs is 1. The fourth-order valence-corrected chi connectivity index (χ4v) is 5.01. The van der Waals surface area contributed by atoms with Crippen molar-refractivity contribution in [1.82, 2.24) is 29.7 Å². The van der Waals surface area contributed by atoms with Crippen LogP contribution in [0.2, 0.25) is 0 Å². The molecule has 6 rings (SSSR count). The Morgan fingerprint density at radius 3 is 2.63 bits per heavy atom. The van der Waals surface area contributed by atoms with Crippen LogP contribution in [-0.4, -0.2) is 35.6 Å². The number of rotatable bonds is 6. The van der Waals surface area contributed by atoms with Crippen LogP contribution in [0.4, 0.5) is 4.39 Å². The van der Waals surface area contributed by atoms with Gasteiger partial charge in [0.2, 0.25) is 0 Å². The fraction of sp³-hybridized carbons (Fsp3) is 0.214. The quantitative estimate of drug-likeness (QED) is 0.346. The molecule has 3 aromatic heterocycles. The molecule has 0 spiro atoms. The zero-order chi connectivity index (χ0) is 26.2. The number of aromatic nitrogens is 6. The highest BCUT2D eigenvalue weighted by atomic mass is 19.1. The number of nitrogens with one attached hydrogen (secondary N) is 1. The number of benzene rings is 2. The summed E-state index contributed by atoms with van der Waals surface area (Å²) in [5.74, 6) is 0.363. The zero-order valence-corrected chi connectivity index (χ0v) is 20.4. The lowest BCUT2D eigenvalue weighted by Crippen LogP contribution is -2.16. The van der Waals surface area contributed by atoms with E-state index in [1.54, 1.807) is 41.3 Å². The van der Waals surface area contributed by atoms with Crippen molar-refractivity contribution in [3.05, 3.63) is 89.1 Å². The lowest BCUT2D eigenvalue weighted by Gasteiger charge is -2.06. The number of nitrogens with zero attached hydrogens (tertiary/aromatic N) is 6. The highest BCUT2D eigenvalue weighted by Crippen LogP contribution is 2.33. The van der Waals surface area contributed by atoms with Crippen molar-refractivity contribution < 1.29 is 9.18 Å². The molecule has 1 saturated carbocycles. The summed E-state index contributed by atoms with van der Waals surface area (Å²) in [5.41, 5.74) is 9.88. The zero-order valence-electron chi connectivity index (χ0n) is 20.4. The third kappa shape index (κ3) is 4.50. The fourth-order valence-electron chi connectivity index (χ4n) is 5.01. The van der Waals surface area contributed by atoms with Gasteiger partial charge >= 0.3 is 0 Å². The minimum Gasteiger partial charge on any atom is -0.364 e. The van der Waals surface area contributed by atoms with E-state index in [0.29, 0.717) is 39.6 Å². The van der Waals surface area contributed by atoms with E-state index in [2.05, 4.69) is 31.1 Å². The number of hydrogen-bond donors (Lipinski definition) is 2. The maximum atomic E-state index is 14.7. The van der Waals surface area contributed by atoms with Gasteiger partial charge in [0, 0.05) is 24.1 Å². The summed E-state index contributed by atoms with van der Waals surface area (Å²) in [6.07, 6.45) is 8.02. The average Bonchev–Trinajstić information content (AvgIpc) is 3.68. The Bertz CT molecular complexity index is 1710. The van der Waals surface area contributed by atoms with Gasteiger partial charge in [-0.2, -0.15) is 10.4 Å². The van der Waals surface area contributed by atoms with Crippen LogP contribution in [0.15, 0.2) is 54.9 Å². The van der Waals surface area contributed by atoms with Gasteiger partial charge in [-0.1, -0.05) is 18.9 Å². The molecule has 1 fully saturated rings. The van der Waals surface area contributed by atoms with E-state index < -0.39 is 11.7 Å². The van der Waals surface area contributed by atoms with Crippen molar-refractivity contribution in [2.75, 3.05) is 0 Å². The smallest absolute Gasteiger partial charge is 0.269 e. The average molecular weight is 507 g/mol. The lowest BCUT2D eigenvalue weighted by molar-refractivity contribution is 0.0996. The number of H-pyrrole nitrogens is 1. The third-order valence-electron chi connectivity index (χ3n) is 6.89. The Balaban J connectivity index is 1.31. The van der Waals surface area contributed by atoms with Crippen LogP contribution in [0.1, 0.15) is 64.9 Å². The van der Waals surface area contributed by atoms with E-state index >= 15 is 0 Å². The largest absolute Gasteiger partial charge is 0.364 e. The van der Waals surface area contributed by atoms with Gasteiger partial charge in [-0.3, -0.25) is 4.79 Å². The number of hydrogen-bond acceptors (Lipinski definition) is 6. The molecule has 0 radical (unpaired) electrons. The first-order chi connectivity index (χ1) is 18.5. The maximum absolute atomic E-state index is 14.7. The molecule has 0 bridgehead atoms. The van der Waals surface area contributed by atoms with Crippen molar-refractivity contribution in [3.8, 4) is 22.9 Å². The summed E-state index contributed by atoms with van der Waals surface area (Å²) in [6, 6.07) is 13.8. The molecule has 10 heteroatoms.